The maximum Gasteiger partial charge on any atom is 0.131 e. The Labute approximate surface area is 137 Å². The van der Waals surface area contributed by atoms with Crippen LogP contribution in [0.1, 0.15) is 38.2 Å². The lowest BCUT2D eigenvalue weighted by Gasteiger charge is -2.09. The molecule has 3 rings (SSSR count). The van der Waals surface area contributed by atoms with E-state index in [0.717, 1.165) is 40.6 Å². The summed E-state index contributed by atoms with van der Waals surface area (Å²) in [6.45, 7) is 9.22. The highest BCUT2D eigenvalue weighted by Crippen LogP contribution is 2.25. The number of hydrogen-bond donors (Lipinski definition) is 0. The van der Waals surface area contributed by atoms with E-state index < -0.39 is 0 Å². The molecule has 0 spiro atoms. The molecule has 0 radical (unpaired) electrons. The molecule has 0 aliphatic carbocycles. The average molecular weight is 306 g/mol. The van der Waals surface area contributed by atoms with Gasteiger partial charge in [0.15, 0.2) is 0 Å². The van der Waals surface area contributed by atoms with Crippen molar-refractivity contribution in [2.75, 3.05) is 0 Å². The molecule has 0 aliphatic rings. The van der Waals surface area contributed by atoms with Gasteiger partial charge in [0.25, 0.3) is 0 Å². The Hall–Kier alpha value is -2.49. The van der Waals surface area contributed by atoms with Gasteiger partial charge in [-0.1, -0.05) is 32.0 Å². The lowest BCUT2D eigenvalue weighted by atomic mass is 10.0. The molecule has 0 bridgehead atoms. The van der Waals surface area contributed by atoms with Crippen LogP contribution in [0.25, 0.3) is 22.5 Å². The normalized spacial score (nSPS) is 11.2. The molecule has 4 nitrogen and oxygen atoms in total. The van der Waals surface area contributed by atoms with Gasteiger partial charge in [0.05, 0.1) is 11.4 Å². The Morgan fingerprint density at radius 2 is 1.74 bits per heavy atom. The first-order valence-electron chi connectivity index (χ1n) is 8.06. The van der Waals surface area contributed by atoms with Crippen molar-refractivity contribution in [2.24, 2.45) is 0 Å². The predicted octanol–water partition coefficient (Wildman–Crippen LogP) is 4.46. The third-order valence-corrected chi connectivity index (χ3v) is 3.81. The Balaban J connectivity index is 2.03. The summed E-state index contributed by atoms with van der Waals surface area (Å²) in [5, 5.41) is 4.58. The third kappa shape index (κ3) is 3.31. The SMILES string of the molecule is CCn1ccc(-c2cccc(-c3cc(C)nc(C(C)C)n3)c2)n1. The molecule has 0 N–H and O–H groups in total. The van der Waals surface area contributed by atoms with Gasteiger partial charge in [-0.3, -0.25) is 4.68 Å². The molecule has 0 amide bonds. The zero-order valence-electron chi connectivity index (χ0n) is 14.1. The molecule has 3 aromatic rings. The van der Waals surface area contributed by atoms with E-state index in [2.05, 4.69) is 55.1 Å². The van der Waals surface area contributed by atoms with Gasteiger partial charge >= 0.3 is 0 Å². The van der Waals surface area contributed by atoms with Crippen molar-refractivity contribution in [3.8, 4) is 22.5 Å². The van der Waals surface area contributed by atoms with Gasteiger partial charge in [-0.05, 0) is 32.0 Å². The highest BCUT2D eigenvalue weighted by atomic mass is 15.3. The molecule has 2 heterocycles. The van der Waals surface area contributed by atoms with Crippen LogP contribution in [-0.2, 0) is 6.54 Å². The van der Waals surface area contributed by atoms with Gasteiger partial charge in [-0.25, -0.2) is 9.97 Å². The van der Waals surface area contributed by atoms with E-state index in [9.17, 15) is 0 Å². The van der Waals surface area contributed by atoms with E-state index in [1.807, 2.05) is 29.9 Å². The standard InChI is InChI=1S/C19H22N4/c1-5-23-10-9-17(22-23)15-7-6-8-16(12-15)18-11-14(4)20-19(21-18)13(2)3/h6-13H,5H2,1-4H3. The number of benzene rings is 1. The van der Waals surface area contributed by atoms with E-state index >= 15 is 0 Å². The van der Waals surface area contributed by atoms with Gasteiger partial charge < -0.3 is 0 Å². The second-order valence-corrected chi connectivity index (χ2v) is 6.04. The van der Waals surface area contributed by atoms with E-state index in [1.54, 1.807) is 0 Å². The fraction of sp³-hybridized carbons (Fsp3) is 0.316. The Kier molecular flexibility index (Phi) is 4.24. The summed E-state index contributed by atoms with van der Waals surface area (Å²) in [4.78, 5) is 9.25. The lowest BCUT2D eigenvalue weighted by molar-refractivity contribution is 0.662. The lowest BCUT2D eigenvalue weighted by Crippen LogP contribution is -2.01. The van der Waals surface area contributed by atoms with E-state index in [4.69, 9.17) is 4.98 Å². The maximum absolute atomic E-state index is 4.72. The minimum Gasteiger partial charge on any atom is -0.272 e. The van der Waals surface area contributed by atoms with Gasteiger partial charge in [0, 0.05) is 35.5 Å². The van der Waals surface area contributed by atoms with Crippen molar-refractivity contribution in [2.45, 2.75) is 40.2 Å². The Morgan fingerprint density at radius 3 is 2.39 bits per heavy atom. The smallest absolute Gasteiger partial charge is 0.131 e. The van der Waals surface area contributed by atoms with E-state index in [1.165, 1.54) is 0 Å². The quantitative estimate of drug-likeness (QED) is 0.715. The van der Waals surface area contributed by atoms with Gasteiger partial charge in [-0.15, -0.1) is 0 Å². The largest absolute Gasteiger partial charge is 0.272 e. The summed E-state index contributed by atoms with van der Waals surface area (Å²) in [6, 6.07) is 12.5. The van der Waals surface area contributed by atoms with Crippen LogP contribution in [0.2, 0.25) is 0 Å². The van der Waals surface area contributed by atoms with Crippen LogP contribution in [0.15, 0.2) is 42.6 Å². The maximum atomic E-state index is 4.72. The molecule has 1 aromatic carbocycles. The van der Waals surface area contributed by atoms with E-state index in [0.29, 0.717) is 5.92 Å². The predicted molar refractivity (Wildman–Crippen MR) is 93.2 cm³/mol. The number of nitrogens with zero attached hydrogens (tertiary/aromatic N) is 4. The minimum absolute atomic E-state index is 0.317. The first kappa shape index (κ1) is 15.4. The monoisotopic (exact) mass is 306 g/mol. The molecule has 118 valence electrons. The molecule has 0 unspecified atom stereocenters. The van der Waals surface area contributed by atoms with Crippen molar-refractivity contribution < 1.29 is 0 Å². The highest BCUT2D eigenvalue weighted by Gasteiger charge is 2.09. The Bertz CT molecular complexity index is 818. The van der Waals surface area contributed by atoms with Crippen molar-refractivity contribution in [3.63, 3.8) is 0 Å². The van der Waals surface area contributed by atoms with Crippen molar-refractivity contribution in [3.05, 3.63) is 54.1 Å². The second kappa shape index (κ2) is 6.32. The molecule has 4 heteroatoms. The molecule has 0 saturated carbocycles. The fourth-order valence-electron chi connectivity index (χ4n) is 2.53. The zero-order valence-corrected chi connectivity index (χ0v) is 14.1. The van der Waals surface area contributed by atoms with Crippen LogP contribution in [0.5, 0.6) is 0 Å². The number of hydrogen-bond acceptors (Lipinski definition) is 3. The summed E-state index contributed by atoms with van der Waals surface area (Å²) in [5.74, 6) is 1.21. The van der Waals surface area contributed by atoms with Crippen LogP contribution in [0.4, 0.5) is 0 Å². The highest BCUT2D eigenvalue weighted by molar-refractivity contribution is 5.69. The van der Waals surface area contributed by atoms with Crippen molar-refractivity contribution in [1.29, 1.82) is 0 Å². The van der Waals surface area contributed by atoms with Crippen LogP contribution in [0, 0.1) is 6.92 Å². The van der Waals surface area contributed by atoms with E-state index in [-0.39, 0.29) is 0 Å². The first-order chi connectivity index (χ1) is 11.1. The van der Waals surface area contributed by atoms with Crippen molar-refractivity contribution in [1.82, 2.24) is 19.7 Å². The van der Waals surface area contributed by atoms with Gasteiger partial charge in [0.2, 0.25) is 0 Å². The summed E-state index contributed by atoms with van der Waals surface area (Å²) in [6.07, 6.45) is 2.01. The average Bonchev–Trinajstić information content (AvgIpc) is 3.03. The topological polar surface area (TPSA) is 43.6 Å². The first-order valence-corrected chi connectivity index (χ1v) is 8.06. The molecule has 2 aromatic heterocycles. The minimum atomic E-state index is 0.317. The number of aryl methyl sites for hydroxylation is 2. The van der Waals surface area contributed by atoms with Gasteiger partial charge in [0.1, 0.15) is 5.82 Å². The Morgan fingerprint density at radius 1 is 1.00 bits per heavy atom. The molecule has 0 saturated heterocycles. The summed E-state index contributed by atoms with van der Waals surface area (Å²) < 4.78 is 1.94. The number of aromatic nitrogens is 4. The summed E-state index contributed by atoms with van der Waals surface area (Å²) in [5.41, 5.74) is 5.17. The fourth-order valence-corrected chi connectivity index (χ4v) is 2.53. The van der Waals surface area contributed by atoms with Gasteiger partial charge in [-0.2, -0.15) is 5.10 Å². The summed E-state index contributed by atoms with van der Waals surface area (Å²) in [7, 11) is 0. The van der Waals surface area contributed by atoms with Crippen LogP contribution in [-0.4, -0.2) is 19.7 Å². The molecule has 0 atom stereocenters. The zero-order chi connectivity index (χ0) is 16.4. The van der Waals surface area contributed by atoms with Crippen LogP contribution in [0.3, 0.4) is 0 Å². The number of rotatable bonds is 4. The second-order valence-electron chi connectivity index (χ2n) is 6.04. The van der Waals surface area contributed by atoms with Crippen LogP contribution >= 0.6 is 0 Å². The summed E-state index contributed by atoms with van der Waals surface area (Å²) >= 11 is 0. The molecule has 0 fully saturated rings. The molecular weight excluding hydrogens is 284 g/mol. The molecule has 23 heavy (non-hydrogen) atoms. The van der Waals surface area contributed by atoms with Crippen molar-refractivity contribution >= 4 is 0 Å². The molecular formula is C19H22N4. The van der Waals surface area contributed by atoms with Crippen LogP contribution < -0.4 is 0 Å². The molecule has 0 aliphatic heterocycles. The third-order valence-electron chi connectivity index (χ3n) is 3.81.